The minimum Gasteiger partial charge on any atom is -0.390 e. The van der Waals surface area contributed by atoms with E-state index in [1.165, 1.54) is 11.3 Å². The molecule has 0 bridgehead atoms. The molecule has 0 spiro atoms. The molecule has 0 saturated carbocycles. The van der Waals surface area contributed by atoms with Crippen molar-refractivity contribution < 1.29 is 9.53 Å². The van der Waals surface area contributed by atoms with Crippen LogP contribution in [0.25, 0.3) is 0 Å². The molecule has 1 aromatic rings. The monoisotopic (exact) mass is 254 g/mol. The number of ether oxygens (including phenoxy) is 1. The van der Waals surface area contributed by atoms with E-state index in [1.54, 1.807) is 0 Å². The number of amides is 1. The van der Waals surface area contributed by atoms with Crippen LogP contribution < -0.4 is 5.73 Å². The van der Waals surface area contributed by atoms with Gasteiger partial charge in [0.15, 0.2) is 0 Å². The van der Waals surface area contributed by atoms with Crippen molar-refractivity contribution in [1.29, 1.82) is 0 Å². The van der Waals surface area contributed by atoms with Crippen molar-refractivity contribution in [3.05, 3.63) is 16.0 Å². The minimum atomic E-state index is 0.0619. The first-order chi connectivity index (χ1) is 8.19. The van der Waals surface area contributed by atoms with E-state index in [0.717, 1.165) is 35.5 Å². The Morgan fingerprint density at radius 2 is 2.18 bits per heavy atom. The van der Waals surface area contributed by atoms with Crippen molar-refractivity contribution in [1.82, 2.24) is 4.90 Å². The van der Waals surface area contributed by atoms with E-state index < -0.39 is 0 Å². The largest absolute Gasteiger partial charge is 0.390 e. The molecule has 0 aromatic carbocycles. The summed E-state index contributed by atoms with van der Waals surface area (Å²) in [4.78, 5) is 15.3. The smallest absolute Gasteiger partial charge is 0.257 e. The lowest BCUT2D eigenvalue weighted by Crippen LogP contribution is -2.31. The van der Waals surface area contributed by atoms with E-state index >= 15 is 0 Å². The molecule has 2 rings (SSSR count). The predicted octanol–water partition coefficient (Wildman–Crippen LogP) is 1.89. The van der Waals surface area contributed by atoms with Crippen LogP contribution in [-0.4, -0.2) is 30.5 Å². The second-order valence-electron chi connectivity index (χ2n) is 4.02. The molecule has 0 fully saturated rings. The lowest BCUT2D eigenvalue weighted by Gasteiger charge is -2.20. The Kier molecular flexibility index (Phi) is 3.69. The molecule has 1 aliphatic heterocycles. The first kappa shape index (κ1) is 12.4. The molecule has 2 heterocycles. The van der Waals surface area contributed by atoms with Crippen molar-refractivity contribution in [2.75, 3.05) is 25.4 Å². The maximum Gasteiger partial charge on any atom is 0.257 e. The second kappa shape index (κ2) is 5.06. The summed E-state index contributed by atoms with van der Waals surface area (Å²) in [7, 11) is 0. The molecule has 0 atom stereocenters. The van der Waals surface area contributed by atoms with Crippen LogP contribution in [0.2, 0.25) is 0 Å². The van der Waals surface area contributed by atoms with E-state index in [1.807, 2.05) is 18.7 Å². The molecule has 1 aromatic heterocycles. The number of anilines is 1. The van der Waals surface area contributed by atoms with Crippen molar-refractivity contribution >= 4 is 22.2 Å². The molecule has 1 amide bonds. The zero-order chi connectivity index (χ0) is 12.4. The average molecular weight is 254 g/mol. The number of rotatable bonds is 3. The summed E-state index contributed by atoms with van der Waals surface area (Å²) < 4.78 is 5.39. The number of thiophene rings is 1. The van der Waals surface area contributed by atoms with Gasteiger partial charge in [-0.15, -0.1) is 11.3 Å². The highest BCUT2D eigenvalue weighted by Crippen LogP contribution is 2.35. The van der Waals surface area contributed by atoms with Gasteiger partial charge in [0.25, 0.3) is 5.91 Å². The zero-order valence-corrected chi connectivity index (χ0v) is 11.1. The Morgan fingerprint density at radius 3 is 2.82 bits per heavy atom. The van der Waals surface area contributed by atoms with Crippen LogP contribution in [0, 0.1) is 0 Å². The fourth-order valence-electron chi connectivity index (χ4n) is 2.16. The summed E-state index contributed by atoms with van der Waals surface area (Å²) in [5.74, 6) is 0.0619. The van der Waals surface area contributed by atoms with E-state index in [9.17, 15) is 4.79 Å². The number of hydrogen-bond acceptors (Lipinski definition) is 4. The van der Waals surface area contributed by atoms with E-state index in [-0.39, 0.29) is 5.91 Å². The number of fused-ring (bicyclic) bond motifs is 1. The zero-order valence-electron chi connectivity index (χ0n) is 10.3. The minimum absolute atomic E-state index is 0.0619. The topological polar surface area (TPSA) is 55.6 Å². The molecule has 0 unspecified atom stereocenters. The number of nitrogen functional groups attached to an aromatic ring is 1. The normalized spacial score (nSPS) is 14.5. The highest BCUT2D eigenvalue weighted by molar-refractivity contribution is 7.16. The Labute approximate surface area is 105 Å². The van der Waals surface area contributed by atoms with E-state index in [4.69, 9.17) is 10.5 Å². The fourth-order valence-corrected chi connectivity index (χ4v) is 3.20. The lowest BCUT2D eigenvalue weighted by atomic mass is 10.0. The van der Waals surface area contributed by atoms with Crippen LogP contribution in [0.1, 0.15) is 34.6 Å². The van der Waals surface area contributed by atoms with Gasteiger partial charge in [0.05, 0.1) is 23.8 Å². The summed E-state index contributed by atoms with van der Waals surface area (Å²) in [5.41, 5.74) is 7.81. The summed E-state index contributed by atoms with van der Waals surface area (Å²) in [6.45, 7) is 6.68. The van der Waals surface area contributed by atoms with Gasteiger partial charge in [0.1, 0.15) is 0 Å². The van der Waals surface area contributed by atoms with Crippen LogP contribution in [0.4, 0.5) is 5.00 Å². The number of carbonyl (C=O) groups excluding carboxylic acids is 1. The third kappa shape index (κ3) is 2.17. The van der Waals surface area contributed by atoms with Crippen LogP contribution >= 0.6 is 11.3 Å². The van der Waals surface area contributed by atoms with Gasteiger partial charge in [-0.1, -0.05) is 0 Å². The SMILES string of the molecule is CCN(CC)C(=O)c1c(N)sc2c1CCOC2. The Balaban J connectivity index is 2.37. The van der Waals surface area contributed by atoms with Gasteiger partial charge in [-0.05, 0) is 25.8 Å². The van der Waals surface area contributed by atoms with Crippen molar-refractivity contribution in [3.8, 4) is 0 Å². The molecule has 5 heteroatoms. The van der Waals surface area contributed by atoms with Crippen LogP contribution in [0.5, 0.6) is 0 Å². The van der Waals surface area contributed by atoms with Crippen LogP contribution in [0.15, 0.2) is 0 Å². The summed E-state index contributed by atoms with van der Waals surface area (Å²) in [5, 5.41) is 0.636. The van der Waals surface area contributed by atoms with Gasteiger partial charge in [-0.25, -0.2) is 0 Å². The number of nitrogens with two attached hydrogens (primary N) is 1. The number of carbonyl (C=O) groups is 1. The third-order valence-electron chi connectivity index (χ3n) is 3.11. The highest BCUT2D eigenvalue weighted by Gasteiger charge is 2.26. The Morgan fingerprint density at radius 1 is 1.47 bits per heavy atom. The van der Waals surface area contributed by atoms with E-state index in [2.05, 4.69) is 0 Å². The van der Waals surface area contributed by atoms with Crippen molar-refractivity contribution in [2.24, 2.45) is 0 Å². The molecular formula is C12H18N2O2S. The molecule has 0 radical (unpaired) electrons. The summed E-state index contributed by atoms with van der Waals surface area (Å²) in [6.07, 6.45) is 0.797. The highest BCUT2D eigenvalue weighted by atomic mass is 32.1. The fraction of sp³-hybridized carbons (Fsp3) is 0.583. The second-order valence-corrected chi connectivity index (χ2v) is 5.16. The van der Waals surface area contributed by atoms with Crippen molar-refractivity contribution in [2.45, 2.75) is 26.9 Å². The molecule has 0 saturated heterocycles. The molecule has 4 nitrogen and oxygen atoms in total. The summed E-state index contributed by atoms with van der Waals surface area (Å²) in [6, 6.07) is 0. The van der Waals surface area contributed by atoms with Gasteiger partial charge in [-0.3, -0.25) is 4.79 Å². The summed E-state index contributed by atoms with van der Waals surface area (Å²) >= 11 is 1.49. The predicted molar refractivity (Wildman–Crippen MR) is 69.3 cm³/mol. The first-order valence-electron chi connectivity index (χ1n) is 5.96. The first-order valence-corrected chi connectivity index (χ1v) is 6.77. The molecule has 94 valence electrons. The van der Waals surface area contributed by atoms with Gasteiger partial charge in [0.2, 0.25) is 0 Å². The number of hydrogen-bond donors (Lipinski definition) is 1. The molecule has 1 aliphatic rings. The van der Waals surface area contributed by atoms with Crippen LogP contribution in [-0.2, 0) is 17.8 Å². The maximum absolute atomic E-state index is 12.4. The average Bonchev–Trinajstić information content (AvgIpc) is 2.66. The molecule has 0 aliphatic carbocycles. The Hall–Kier alpha value is -1.07. The van der Waals surface area contributed by atoms with Crippen molar-refractivity contribution in [3.63, 3.8) is 0 Å². The molecule has 17 heavy (non-hydrogen) atoms. The lowest BCUT2D eigenvalue weighted by molar-refractivity contribution is 0.0769. The third-order valence-corrected chi connectivity index (χ3v) is 4.15. The van der Waals surface area contributed by atoms with Gasteiger partial charge in [0, 0.05) is 18.0 Å². The van der Waals surface area contributed by atoms with Gasteiger partial charge in [-0.2, -0.15) is 0 Å². The van der Waals surface area contributed by atoms with Gasteiger partial charge >= 0.3 is 0 Å². The maximum atomic E-state index is 12.4. The standard InChI is InChI=1S/C12H18N2O2S/c1-3-14(4-2)12(15)10-8-5-6-16-7-9(8)17-11(10)13/h3-7,13H2,1-2H3. The molecule has 2 N–H and O–H groups in total. The Bertz CT molecular complexity index is 424. The quantitative estimate of drug-likeness (QED) is 0.896. The number of nitrogens with zero attached hydrogens (tertiary/aromatic N) is 1. The molecular weight excluding hydrogens is 236 g/mol. The van der Waals surface area contributed by atoms with Gasteiger partial charge < -0.3 is 15.4 Å². The van der Waals surface area contributed by atoms with Crippen LogP contribution in [0.3, 0.4) is 0 Å². The van der Waals surface area contributed by atoms with E-state index in [0.29, 0.717) is 18.2 Å².